The van der Waals surface area contributed by atoms with Gasteiger partial charge in [0.1, 0.15) is 5.82 Å². The fourth-order valence-corrected chi connectivity index (χ4v) is 2.35. The standard InChI is InChI=1S/C12H10BrClFNO/c1-16-11(9-4-5-17-12(9)13)8-3-2-7(14)6-10(8)15/h2-6,11,16H,1H3. The molecule has 17 heavy (non-hydrogen) atoms. The summed E-state index contributed by atoms with van der Waals surface area (Å²) in [6, 6.07) is 6.14. The first kappa shape index (κ1) is 12.6. The van der Waals surface area contributed by atoms with Gasteiger partial charge in [0.25, 0.3) is 0 Å². The molecule has 0 amide bonds. The van der Waals surface area contributed by atoms with Crippen molar-refractivity contribution in [1.82, 2.24) is 5.32 Å². The van der Waals surface area contributed by atoms with Crippen molar-refractivity contribution >= 4 is 27.5 Å². The largest absolute Gasteiger partial charge is 0.457 e. The maximum absolute atomic E-state index is 13.8. The van der Waals surface area contributed by atoms with Crippen LogP contribution in [0.5, 0.6) is 0 Å². The Labute approximate surface area is 112 Å². The Morgan fingerprint density at radius 3 is 2.65 bits per heavy atom. The Hall–Kier alpha value is -0.840. The molecule has 2 aromatic rings. The number of nitrogens with one attached hydrogen (secondary N) is 1. The van der Waals surface area contributed by atoms with E-state index in [2.05, 4.69) is 21.2 Å². The third-order valence-corrected chi connectivity index (χ3v) is 3.40. The maximum Gasteiger partial charge on any atom is 0.174 e. The van der Waals surface area contributed by atoms with Gasteiger partial charge in [0.15, 0.2) is 4.67 Å². The quantitative estimate of drug-likeness (QED) is 0.920. The molecule has 2 nitrogen and oxygen atoms in total. The lowest BCUT2D eigenvalue weighted by atomic mass is 10.0. The summed E-state index contributed by atoms with van der Waals surface area (Å²) in [5.74, 6) is -0.343. The van der Waals surface area contributed by atoms with E-state index in [-0.39, 0.29) is 11.9 Å². The lowest BCUT2D eigenvalue weighted by Gasteiger charge is -2.16. The summed E-state index contributed by atoms with van der Waals surface area (Å²) >= 11 is 9.02. The predicted molar refractivity (Wildman–Crippen MR) is 68.7 cm³/mol. The van der Waals surface area contributed by atoms with E-state index in [0.29, 0.717) is 15.3 Å². The van der Waals surface area contributed by atoms with Gasteiger partial charge in [-0.2, -0.15) is 0 Å². The zero-order valence-electron chi connectivity index (χ0n) is 9.01. The summed E-state index contributed by atoms with van der Waals surface area (Å²) in [6.45, 7) is 0. The molecular weight excluding hydrogens is 308 g/mol. The molecule has 1 aromatic heterocycles. The fraction of sp³-hybridized carbons (Fsp3) is 0.167. The van der Waals surface area contributed by atoms with Crippen LogP contribution in [0.1, 0.15) is 17.2 Å². The number of furan rings is 1. The van der Waals surface area contributed by atoms with E-state index in [1.807, 2.05) is 0 Å². The summed E-state index contributed by atoms with van der Waals surface area (Å²) in [6.07, 6.45) is 1.55. The Morgan fingerprint density at radius 2 is 2.12 bits per heavy atom. The number of halogens is 3. The molecule has 2 rings (SSSR count). The molecule has 5 heteroatoms. The third kappa shape index (κ3) is 2.54. The first-order chi connectivity index (χ1) is 8.13. The summed E-state index contributed by atoms with van der Waals surface area (Å²) in [5.41, 5.74) is 1.37. The van der Waals surface area contributed by atoms with Crippen LogP contribution in [0.3, 0.4) is 0 Å². The Morgan fingerprint density at radius 1 is 1.35 bits per heavy atom. The van der Waals surface area contributed by atoms with Gasteiger partial charge in [0.2, 0.25) is 0 Å². The van der Waals surface area contributed by atoms with E-state index in [4.69, 9.17) is 16.0 Å². The van der Waals surface area contributed by atoms with Gasteiger partial charge >= 0.3 is 0 Å². The van der Waals surface area contributed by atoms with Crippen LogP contribution < -0.4 is 5.32 Å². The molecule has 0 fully saturated rings. The highest BCUT2D eigenvalue weighted by atomic mass is 79.9. The minimum atomic E-state index is -0.343. The van der Waals surface area contributed by atoms with Gasteiger partial charge in [-0.15, -0.1) is 0 Å². The fourth-order valence-electron chi connectivity index (χ4n) is 1.72. The normalized spacial score (nSPS) is 12.7. The average Bonchev–Trinajstić information content (AvgIpc) is 2.69. The van der Waals surface area contributed by atoms with Gasteiger partial charge in [0.05, 0.1) is 12.3 Å². The number of hydrogen-bond donors (Lipinski definition) is 1. The predicted octanol–water partition coefficient (Wildman–Crippen LogP) is 4.14. The number of benzene rings is 1. The van der Waals surface area contributed by atoms with Crippen molar-refractivity contribution < 1.29 is 8.81 Å². The Bertz CT molecular complexity index is 529. The van der Waals surface area contributed by atoms with Crippen LogP contribution >= 0.6 is 27.5 Å². The second kappa shape index (κ2) is 5.21. The molecule has 0 saturated heterocycles. The van der Waals surface area contributed by atoms with Crippen molar-refractivity contribution in [2.75, 3.05) is 7.05 Å². The molecule has 90 valence electrons. The lowest BCUT2D eigenvalue weighted by molar-refractivity contribution is 0.525. The third-order valence-electron chi connectivity index (χ3n) is 2.52. The first-order valence-corrected chi connectivity index (χ1v) is 6.15. The molecule has 0 aliphatic rings. The molecule has 1 unspecified atom stereocenters. The van der Waals surface area contributed by atoms with E-state index < -0.39 is 0 Å². The molecule has 1 heterocycles. The van der Waals surface area contributed by atoms with Crippen LogP contribution in [0.25, 0.3) is 0 Å². The minimum absolute atomic E-state index is 0.277. The molecule has 0 aliphatic heterocycles. The van der Waals surface area contributed by atoms with E-state index in [1.165, 1.54) is 6.07 Å². The van der Waals surface area contributed by atoms with Crippen molar-refractivity contribution in [3.8, 4) is 0 Å². The Balaban J connectivity index is 2.46. The van der Waals surface area contributed by atoms with Gasteiger partial charge in [-0.05, 0) is 41.2 Å². The minimum Gasteiger partial charge on any atom is -0.457 e. The van der Waals surface area contributed by atoms with Crippen LogP contribution in [0, 0.1) is 5.82 Å². The van der Waals surface area contributed by atoms with Crippen molar-refractivity contribution in [3.05, 3.63) is 57.2 Å². The summed E-state index contributed by atoms with van der Waals surface area (Å²) in [7, 11) is 1.76. The Kier molecular flexibility index (Phi) is 3.86. The molecule has 1 aromatic carbocycles. The topological polar surface area (TPSA) is 25.2 Å². The van der Waals surface area contributed by atoms with Crippen LogP contribution in [-0.2, 0) is 0 Å². The van der Waals surface area contributed by atoms with Gasteiger partial charge in [-0.3, -0.25) is 0 Å². The highest BCUT2D eigenvalue weighted by molar-refractivity contribution is 9.10. The van der Waals surface area contributed by atoms with Crippen LogP contribution in [0.4, 0.5) is 4.39 Å². The van der Waals surface area contributed by atoms with Crippen LogP contribution in [0.2, 0.25) is 5.02 Å². The van der Waals surface area contributed by atoms with E-state index in [1.54, 1.807) is 31.5 Å². The highest BCUT2D eigenvalue weighted by Crippen LogP contribution is 2.31. The number of rotatable bonds is 3. The SMILES string of the molecule is CNC(c1ccc(Cl)cc1F)c1ccoc1Br. The molecular formula is C12H10BrClFNO. The molecule has 0 radical (unpaired) electrons. The second-order valence-electron chi connectivity index (χ2n) is 3.54. The maximum atomic E-state index is 13.8. The molecule has 0 saturated carbocycles. The van der Waals surface area contributed by atoms with Gasteiger partial charge in [-0.25, -0.2) is 4.39 Å². The monoisotopic (exact) mass is 317 g/mol. The van der Waals surface area contributed by atoms with Crippen molar-refractivity contribution in [3.63, 3.8) is 0 Å². The molecule has 0 spiro atoms. The molecule has 1 atom stereocenters. The molecule has 0 bridgehead atoms. The van der Waals surface area contributed by atoms with Crippen molar-refractivity contribution in [1.29, 1.82) is 0 Å². The van der Waals surface area contributed by atoms with Gasteiger partial charge in [0, 0.05) is 16.1 Å². The van der Waals surface area contributed by atoms with E-state index >= 15 is 0 Å². The molecule has 1 N–H and O–H groups in total. The van der Waals surface area contributed by atoms with E-state index in [0.717, 1.165) is 5.56 Å². The zero-order valence-corrected chi connectivity index (χ0v) is 11.3. The smallest absolute Gasteiger partial charge is 0.174 e. The van der Waals surface area contributed by atoms with E-state index in [9.17, 15) is 4.39 Å². The van der Waals surface area contributed by atoms with Crippen LogP contribution in [-0.4, -0.2) is 7.05 Å². The molecule has 0 aliphatic carbocycles. The summed E-state index contributed by atoms with van der Waals surface area (Å²) in [5, 5.41) is 3.43. The van der Waals surface area contributed by atoms with Gasteiger partial charge < -0.3 is 9.73 Å². The number of hydrogen-bond acceptors (Lipinski definition) is 2. The second-order valence-corrected chi connectivity index (χ2v) is 4.69. The highest BCUT2D eigenvalue weighted by Gasteiger charge is 2.20. The lowest BCUT2D eigenvalue weighted by Crippen LogP contribution is -2.18. The van der Waals surface area contributed by atoms with Gasteiger partial charge in [-0.1, -0.05) is 17.7 Å². The van der Waals surface area contributed by atoms with Crippen molar-refractivity contribution in [2.45, 2.75) is 6.04 Å². The summed E-state index contributed by atoms with van der Waals surface area (Å²) in [4.78, 5) is 0. The summed E-state index contributed by atoms with van der Waals surface area (Å²) < 4.78 is 19.6. The van der Waals surface area contributed by atoms with Crippen molar-refractivity contribution in [2.24, 2.45) is 0 Å². The first-order valence-electron chi connectivity index (χ1n) is 4.98. The average molecular weight is 319 g/mol. The zero-order chi connectivity index (χ0) is 12.4. The van der Waals surface area contributed by atoms with Crippen LogP contribution in [0.15, 0.2) is 39.6 Å².